The van der Waals surface area contributed by atoms with E-state index in [1.54, 1.807) is 30.3 Å². The van der Waals surface area contributed by atoms with Gasteiger partial charge in [-0.05, 0) is 36.4 Å². The second kappa shape index (κ2) is 8.99. The van der Waals surface area contributed by atoms with E-state index < -0.39 is 0 Å². The van der Waals surface area contributed by atoms with Crippen molar-refractivity contribution >= 4 is 46.4 Å². The molecule has 0 saturated heterocycles. The lowest BCUT2D eigenvalue weighted by atomic mass is 10.3. The summed E-state index contributed by atoms with van der Waals surface area (Å²) in [5.74, 6) is 0.525. The molecule has 3 N–H and O–H groups in total. The molecule has 2 aromatic rings. The normalized spacial score (nSPS) is 10.3. The first-order valence-corrected chi connectivity index (χ1v) is 8.13. The molecule has 8 heteroatoms. The van der Waals surface area contributed by atoms with Crippen molar-refractivity contribution in [2.45, 2.75) is 0 Å². The van der Waals surface area contributed by atoms with Gasteiger partial charge in [-0.1, -0.05) is 34.8 Å². The number of ether oxygens (including phenoxy) is 2. The zero-order valence-corrected chi connectivity index (χ0v) is 14.8. The Balaban J connectivity index is 1.91. The molecule has 1 amide bonds. The molecule has 0 bridgehead atoms. The van der Waals surface area contributed by atoms with Crippen LogP contribution in [-0.4, -0.2) is 25.7 Å². The molecule has 0 unspecified atom stereocenters. The van der Waals surface area contributed by atoms with Crippen LogP contribution in [0.2, 0.25) is 15.1 Å². The maximum Gasteiger partial charge on any atom is 0.262 e. The van der Waals surface area contributed by atoms with Gasteiger partial charge in [0.2, 0.25) is 0 Å². The van der Waals surface area contributed by atoms with Crippen LogP contribution in [-0.2, 0) is 4.79 Å². The van der Waals surface area contributed by atoms with Crippen molar-refractivity contribution in [1.82, 2.24) is 0 Å². The van der Waals surface area contributed by atoms with Gasteiger partial charge in [0.25, 0.3) is 5.91 Å². The van der Waals surface area contributed by atoms with Crippen LogP contribution in [0.1, 0.15) is 0 Å². The number of rotatable bonds is 7. The molecule has 24 heavy (non-hydrogen) atoms. The van der Waals surface area contributed by atoms with E-state index in [1.165, 1.54) is 6.07 Å². The van der Waals surface area contributed by atoms with E-state index in [-0.39, 0.29) is 12.5 Å². The van der Waals surface area contributed by atoms with Crippen LogP contribution < -0.4 is 20.5 Å². The minimum absolute atomic E-state index is 0.204. The number of hydrogen-bond acceptors (Lipinski definition) is 4. The van der Waals surface area contributed by atoms with Crippen LogP contribution in [0.25, 0.3) is 0 Å². The summed E-state index contributed by atoms with van der Waals surface area (Å²) in [5.41, 5.74) is 5.89. The second-order valence-corrected chi connectivity index (χ2v) is 5.94. The SMILES string of the molecule is NCCOc1ccc(NC(=O)COc2ccc(Cl)cc2Cl)cc1Cl. The first kappa shape index (κ1) is 18.7. The van der Waals surface area contributed by atoms with Gasteiger partial charge >= 0.3 is 0 Å². The lowest BCUT2D eigenvalue weighted by molar-refractivity contribution is -0.118. The third kappa shape index (κ3) is 5.46. The van der Waals surface area contributed by atoms with E-state index in [0.29, 0.717) is 45.4 Å². The average Bonchev–Trinajstić information content (AvgIpc) is 2.53. The molecule has 0 aromatic heterocycles. The standard InChI is InChI=1S/C16H15Cl3N2O3/c17-10-1-3-15(12(18)7-10)24-9-16(22)21-11-2-4-14(13(19)8-11)23-6-5-20/h1-4,7-8H,5-6,9,20H2,(H,21,22). The molecule has 0 aliphatic rings. The molecule has 2 aromatic carbocycles. The van der Waals surface area contributed by atoms with E-state index in [1.807, 2.05) is 0 Å². The largest absolute Gasteiger partial charge is 0.491 e. The minimum Gasteiger partial charge on any atom is -0.491 e. The summed E-state index contributed by atoms with van der Waals surface area (Å²) in [4.78, 5) is 11.9. The van der Waals surface area contributed by atoms with Gasteiger partial charge in [0.05, 0.1) is 10.0 Å². The van der Waals surface area contributed by atoms with E-state index in [0.717, 1.165) is 0 Å². The Morgan fingerprint density at radius 2 is 1.67 bits per heavy atom. The Bertz CT molecular complexity index is 726. The quantitative estimate of drug-likeness (QED) is 0.750. The lowest BCUT2D eigenvalue weighted by Crippen LogP contribution is -2.20. The molecular weight excluding hydrogens is 375 g/mol. The fraction of sp³-hybridized carbons (Fsp3) is 0.188. The number of carbonyl (C=O) groups is 1. The van der Waals surface area contributed by atoms with Crippen LogP contribution >= 0.6 is 34.8 Å². The van der Waals surface area contributed by atoms with Crippen molar-refractivity contribution in [1.29, 1.82) is 0 Å². The third-order valence-electron chi connectivity index (χ3n) is 2.84. The van der Waals surface area contributed by atoms with Crippen molar-refractivity contribution in [2.75, 3.05) is 25.1 Å². The summed E-state index contributed by atoms with van der Waals surface area (Å²) in [6, 6.07) is 9.67. The highest BCUT2D eigenvalue weighted by atomic mass is 35.5. The van der Waals surface area contributed by atoms with E-state index in [4.69, 9.17) is 50.0 Å². The van der Waals surface area contributed by atoms with E-state index in [2.05, 4.69) is 5.32 Å². The molecule has 0 aliphatic carbocycles. The lowest BCUT2D eigenvalue weighted by Gasteiger charge is -2.11. The molecule has 0 radical (unpaired) electrons. The Kier molecular flexibility index (Phi) is 6.99. The van der Waals surface area contributed by atoms with Crippen LogP contribution in [0.3, 0.4) is 0 Å². The number of carbonyl (C=O) groups excluding carboxylic acids is 1. The summed E-state index contributed by atoms with van der Waals surface area (Å²) < 4.78 is 10.7. The van der Waals surface area contributed by atoms with Gasteiger partial charge in [0.15, 0.2) is 6.61 Å². The zero-order valence-electron chi connectivity index (χ0n) is 12.5. The predicted molar refractivity (Wildman–Crippen MR) is 96.6 cm³/mol. The Hall–Kier alpha value is -1.66. The van der Waals surface area contributed by atoms with Crippen LogP contribution in [0.4, 0.5) is 5.69 Å². The summed E-state index contributed by atoms with van der Waals surface area (Å²) >= 11 is 17.8. The Labute approximate surface area is 154 Å². The van der Waals surface area contributed by atoms with Crippen molar-refractivity contribution in [3.8, 4) is 11.5 Å². The fourth-order valence-electron chi connectivity index (χ4n) is 1.80. The number of anilines is 1. The number of nitrogens with two attached hydrogens (primary N) is 1. The van der Waals surface area contributed by atoms with Gasteiger partial charge in [-0.15, -0.1) is 0 Å². The number of amides is 1. The molecule has 128 valence electrons. The zero-order chi connectivity index (χ0) is 17.5. The monoisotopic (exact) mass is 388 g/mol. The first-order valence-electron chi connectivity index (χ1n) is 6.99. The van der Waals surface area contributed by atoms with Gasteiger partial charge < -0.3 is 20.5 Å². The van der Waals surface area contributed by atoms with Crippen molar-refractivity contribution in [3.05, 3.63) is 51.5 Å². The molecule has 5 nitrogen and oxygen atoms in total. The van der Waals surface area contributed by atoms with Crippen LogP contribution in [0.5, 0.6) is 11.5 Å². The summed E-state index contributed by atoms with van der Waals surface area (Å²) in [6.07, 6.45) is 0. The number of hydrogen-bond donors (Lipinski definition) is 2. The molecule has 0 fully saturated rings. The van der Waals surface area contributed by atoms with Crippen molar-refractivity contribution in [3.63, 3.8) is 0 Å². The third-order valence-corrected chi connectivity index (χ3v) is 3.67. The maximum absolute atomic E-state index is 11.9. The van der Waals surface area contributed by atoms with Gasteiger partial charge in [0.1, 0.15) is 18.1 Å². The van der Waals surface area contributed by atoms with Gasteiger partial charge in [0, 0.05) is 17.3 Å². The number of halogens is 3. The van der Waals surface area contributed by atoms with Gasteiger partial charge in [-0.2, -0.15) is 0 Å². The smallest absolute Gasteiger partial charge is 0.262 e. The molecule has 0 saturated carbocycles. The number of nitrogens with one attached hydrogen (secondary N) is 1. The van der Waals surface area contributed by atoms with Crippen LogP contribution in [0, 0.1) is 0 Å². The predicted octanol–water partition coefficient (Wildman–Crippen LogP) is 4.00. The highest BCUT2D eigenvalue weighted by Crippen LogP contribution is 2.28. The average molecular weight is 390 g/mol. The van der Waals surface area contributed by atoms with Gasteiger partial charge in [-0.25, -0.2) is 0 Å². The molecule has 2 rings (SSSR count). The summed E-state index contributed by atoms with van der Waals surface area (Å²) in [6.45, 7) is 0.547. The molecular formula is C16H15Cl3N2O3. The highest BCUT2D eigenvalue weighted by molar-refractivity contribution is 6.35. The fourth-order valence-corrected chi connectivity index (χ4v) is 2.50. The second-order valence-electron chi connectivity index (χ2n) is 4.69. The van der Waals surface area contributed by atoms with Gasteiger partial charge in [-0.3, -0.25) is 4.79 Å². The first-order chi connectivity index (χ1) is 11.5. The van der Waals surface area contributed by atoms with Crippen LogP contribution in [0.15, 0.2) is 36.4 Å². The molecule has 0 aliphatic heterocycles. The van der Waals surface area contributed by atoms with Crippen molar-refractivity contribution < 1.29 is 14.3 Å². The summed E-state index contributed by atoms with van der Waals surface area (Å²) in [7, 11) is 0. The molecule has 0 heterocycles. The minimum atomic E-state index is -0.354. The summed E-state index contributed by atoms with van der Waals surface area (Å²) in [5, 5.41) is 3.87. The highest BCUT2D eigenvalue weighted by Gasteiger charge is 2.09. The molecule has 0 atom stereocenters. The Morgan fingerprint density at radius 1 is 1.00 bits per heavy atom. The van der Waals surface area contributed by atoms with E-state index in [9.17, 15) is 4.79 Å². The maximum atomic E-state index is 11.9. The van der Waals surface area contributed by atoms with Crippen molar-refractivity contribution in [2.24, 2.45) is 5.73 Å². The Morgan fingerprint density at radius 3 is 2.33 bits per heavy atom. The molecule has 0 spiro atoms. The van der Waals surface area contributed by atoms with E-state index >= 15 is 0 Å². The topological polar surface area (TPSA) is 73.6 Å². The number of benzene rings is 2.